The van der Waals surface area contributed by atoms with Gasteiger partial charge in [-0.25, -0.2) is 9.97 Å². The number of nitrogens with zero attached hydrogens (tertiary/aromatic N) is 3. The normalized spacial score (nSPS) is 11.4. The van der Waals surface area contributed by atoms with Crippen LogP contribution in [-0.2, 0) is 0 Å². The molecular formula is C13H24N4. The van der Waals surface area contributed by atoms with E-state index in [4.69, 9.17) is 0 Å². The van der Waals surface area contributed by atoms with Gasteiger partial charge in [0.1, 0.15) is 17.5 Å². The van der Waals surface area contributed by atoms with E-state index in [1.54, 1.807) is 0 Å². The third-order valence-corrected chi connectivity index (χ3v) is 2.28. The Morgan fingerprint density at radius 1 is 1.29 bits per heavy atom. The minimum atomic E-state index is 0.256. The van der Waals surface area contributed by atoms with Gasteiger partial charge in [0.05, 0.1) is 0 Å². The molecule has 1 heterocycles. The molecule has 0 bridgehead atoms. The second-order valence-electron chi connectivity index (χ2n) is 5.61. The topological polar surface area (TPSA) is 41.0 Å². The number of aryl methyl sites for hydroxylation is 1. The molecule has 0 aromatic carbocycles. The van der Waals surface area contributed by atoms with Crippen molar-refractivity contribution in [2.24, 2.45) is 5.41 Å². The summed E-state index contributed by atoms with van der Waals surface area (Å²) in [4.78, 5) is 11.0. The van der Waals surface area contributed by atoms with E-state index >= 15 is 0 Å². The lowest BCUT2D eigenvalue weighted by Gasteiger charge is -2.27. The molecule has 0 aliphatic rings. The number of anilines is 2. The maximum absolute atomic E-state index is 4.47. The van der Waals surface area contributed by atoms with Crippen LogP contribution in [0.1, 0.15) is 33.5 Å². The highest BCUT2D eigenvalue weighted by Crippen LogP contribution is 2.20. The Hall–Kier alpha value is -1.32. The first-order chi connectivity index (χ1) is 7.81. The van der Waals surface area contributed by atoms with Crippen molar-refractivity contribution in [3.63, 3.8) is 0 Å². The lowest BCUT2D eigenvalue weighted by atomic mass is 9.96. The van der Waals surface area contributed by atoms with E-state index in [2.05, 4.69) is 54.9 Å². The van der Waals surface area contributed by atoms with Crippen LogP contribution in [0.25, 0.3) is 0 Å². The largest absolute Gasteiger partial charge is 0.370 e. The summed E-state index contributed by atoms with van der Waals surface area (Å²) >= 11 is 0. The number of aromatic nitrogens is 2. The van der Waals surface area contributed by atoms with Gasteiger partial charge in [-0.05, 0) is 19.3 Å². The molecule has 0 atom stereocenters. The quantitative estimate of drug-likeness (QED) is 0.872. The second kappa shape index (κ2) is 5.34. The van der Waals surface area contributed by atoms with Crippen LogP contribution in [0.3, 0.4) is 0 Å². The van der Waals surface area contributed by atoms with Crippen molar-refractivity contribution in [3.8, 4) is 0 Å². The van der Waals surface area contributed by atoms with E-state index in [0.29, 0.717) is 0 Å². The van der Waals surface area contributed by atoms with Gasteiger partial charge in [-0.2, -0.15) is 0 Å². The molecule has 1 N–H and O–H groups in total. The summed E-state index contributed by atoms with van der Waals surface area (Å²) in [6.07, 6.45) is 0. The summed E-state index contributed by atoms with van der Waals surface area (Å²) in [5, 5.41) is 3.23. The lowest BCUT2D eigenvalue weighted by molar-refractivity contribution is 0.417. The van der Waals surface area contributed by atoms with Gasteiger partial charge in [0.25, 0.3) is 0 Å². The van der Waals surface area contributed by atoms with Gasteiger partial charge in [-0.3, -0.25) is 0 Å². The van der Waals surface area contributed by atoms with E-state index in [1.165, 1.54) is 0 Å². The Bertz CT molecular complexity index is 368. The first-order valence-corrected chi connectivity index (χ1v) is 6.12. The summed E-state index contributed by atoms with van der Waals surface area (Å²) in [7, 11) is 2.07. The molecule has 96 valence electrons. The summed E-state index contributed by atoms with van der Waals surface area (Å²) < 4.78 is 0. The standard InChI is InChI=1S/C13H24N4/c1-7-14-11-8-12(16-10(2)15-11)17(6)9-13(3,4)5/h8H,7,9H2,1-6H3,(H,14,15,16). The van der Waals surface area contributed by atoms with Crippen LogP contribution in [-0.4, -0.2) is 30.1 Å². The van der Waals surface area contributed by atoms with Crippen molar-refractivity contribution in [1.29, 1.82) is 0 Å². The van der Waals surface area contributed by atoms with Gasteiger partial charge in [-0.1, -0.05) is 20.8 Å². The molecule has 17 heavy (non-hydrogen) atoms. The third kappa shape index (κ3) is 4.59. The average Bonchev–Trinajstić information content (AvgIpc) is 2.14. The monoisotopic (exact) mass is 236 g/mol. The summed E-state index contributed by atoms with van der Waals surface area (Å²) in [5.41, 5.74) is 0.256. The minimum Gasteiger partial charge on any atom is -0.370 e. The summed E-state index contributed by atoms with van der Waals surface area (Å²) in [6, 6.07) is 2.00. The SMILES string of the molecule is CCNc1cc(N(C)CC(C)(C)C)nc(C)n1. The third-order valence-electron chi connectivity index (χ3n) is 2.28. The molecule has 0 spiro atoms. The fourth-order valence-electron chi connectivity index (χ4n) is 1.81. The Labute approximate surface area is 104 Å². The van der Waals surface area contributed by atoms with E-state index in [1.807, 2.05) is 13.0 Å². The highest BCUT2D eigenvalue weighted by atomic mass is 15.2. The van der Waals surface area contributed by atoms with Crippen molar-refractivity contribution in [3.05, 3.63) is 11.9 Å². The Morgan fingerprint density at radius 3 is 2.47 bits per heavy atom. The van der Waals surface area contributed by atoms with Crippen molar-refractivity contribution in [2.45, 2.75) is 34.6 Å². The first-order valence-electron chi connectivity index (χ1n) is 6.12. The van der Waals surface area contributed by atoms with Crippen LogP contribution in [0, 0.1) is 12.3 Å². The van der Waals surface area contributed by atoms with Crippen LogP contribution in [0.2, 0.25) is 0 Å². The van der Waals surface area contributed by atoms with Crippen LogP contribution in [0.4, 0.5) is 11.6 Å². The van der Waals surface area contributed by atoms with Gasteiger partial charge < -0.3 is 10.2 Å². The minimum absolute atomic E-state index is 0.256. The molecule has 1 aromatic rings. The molecule has 0 aliphatic heterocycles. The smallest absolute Gasteiger partial charge is 0.134 e. The molecule has 0 saturated carbocycles. The van der Waals surface area contributed by atoms with Crippen molar-refractivity contribution >= 4 is 11.6 Å². The van der Waals surface area contributed by atoms with Crippen molar-refractivity contribution in [2.75, 3.05) is 30.4 Å². The fourth-order valence-corrected chi connectivity index (χ4v) is 1.81. The predicted molar refractivity (Wildman–Crippen MR) is 73.7 cm³/mol. The molecule has 4 heteroatoms. The maximum atomic E-state index is 4.47. The number of hydrogen-bond acceptors (Lipinski definition) is 4. The van der Waals surface area contributed by atoms with E-state index < -0.39 is 0 Å². The Balaban J connectivity index is 2.89. The van der Waals surface area contributed by atoms with Gasteiger partial charge in [0, 0.05) is 26.2 Å². The van der Waals surface area contributed by atoms with Gasteiger partial charge in [0.2, 0.25) is 0 Å². The molecule has 0 unspecified atom stereocenters. The second-order valence-corrected chi connectivity index (χ2v) is 5.61. The zero-order valence-corrected chi connectivity index (χ0v) is 11.8. The molecule has 1 aromatic heterocycles. The zero-order valence-electron chi connectivity index (χ0n) is 11.8. The van der Waals surface area contributed by atoms with Crippen LogP contribution in [0.15, 0.2) is 6.07 Å². The zero-order chi connectivity index (χ0) is 13.1. The van der Waals surface area contributed by atoms with E-state index in [9.17, 15) is 0 Å². The van der Waals surface area contributed by atoms with Gasteiger partial charge in [0.15, 0.2) is 0 Å². The Morgan fingerprint density at radius 2 is 1.94 bits per heavy atom. The molecule has 1 rings (SSSR count). The number of nitrogens with one attached hydrogen (secondary N) is 1. The average molecular weight is 236 g/mol. The molecule has 0 saturated heterocycles. The Kier molecular flexibility index (Phi) is 4.32. The maximum Gasteiger partial charge on any atom is 0.134 e. The highest BCUT2D eigenvalue weighted by Gasteiger charge is 2.15. The van der Waals surface area contributed by atoms with Crippen molar-refractivity contribution < 1.29 is 0 Å². The predicted octanol–water partition coefficient (Wildman–Crippen LogP) is 2.70. The molecule has 0 aliphatic carbocycles. The van der Waals surface area contributed by atoms with Gasteiger partial charge >= 0.3 is 0 Å². The van der Waals surface area contributed by atoms with Crippen LogP contribution >= 0.6 is 0 Å². The molecule has 0 radical (unpaired) electrons. The first kappa shape index (κ1) is 13.7. The molecule has 4 nitrogen and oxygen atoms in total. The lowest BCUT2D eigenvalue weighted by Crippen LogP contribution is -2.30. The van der Waals surface area contributed by atoms with Crippen LogP contribution in [0.5, 0.6) is 0 Å². The summed E-state index contributed by atoms with van der Waals surface area (Å²) in [6.45, 7) is 12.5. The van der Waals surface area contributed by atoms with Crippen molar-refractivity contribution in [1.82, 2.24) is 9.97 Å². The van der Waals surface area contributed by atoms with Crippen LogP contribution < -0.4 is 10.2 Å². The highest BCUT2D eigenvalue weighted by molar-refractivity contribution is 5.49. The fraction of sp³-hybridized carbons (Fsp3) is 0.692. The number of hydrogen-bond donors (Lipinski definition) is 1. The molecule has 0 fully saturated rings. The molecule has 0 amide bonds. The molecular weight excluding hydrogens is 212 g/mol. The van der Waals surface area contributed by atoms with E-state index in [0.717, 1.165) is 30.5 Å². The summed E-state index contributed by atoms with van der Waals surface area (Å²) in [5.74, 6) is 2.68. The number of rotatable bonds is 4. The van der Waals surface area contributed by atoms with Gasteiger partial charge in [-0.15, -0.1) is 0 Å². The van der Waals surface area contributed by atoms with E-state index in [-0.39, 0.29) is 5.41 Å².